The lowest BCUT2D eigenvalue weighted by Gasteiger charge is -2.42. The van der Waals surface area contributed by atoms with Gasteiger partial charge in [0.2, 0.25) is 5.56 Å². The predicted octanol–water partition coefficient (Wildman–Crippen LogP) is 5.79. The highest BCUT2D eigenvalue weighted by Gasteiger charge is 2.39. The maximum absolute atomic E-state index is 11.7. The number of aromatic amines is 1. The highest BCUT2D eigenvalue weighted by Crippen LogP contribution is 2.45. The second-order valence-electron chi connectivity index (χ2n) is 12.6. The number of pyridine rings is 1. The number of rotatable bonds is 12. The number of hydrogen-bond donors (Lipinski definition) is 5. The molecule has 2 heterocycles. The number of benzene rings is 4. The SMILES string of the molecule is CN1CCC(c2ccccc2)(c2cc(CCCOc3ccc(CNCC(O)c4ccc(O)c5[nH]c(=O)ccc45)cc3)ccc2O)CC1. The van der Waals surface area contributed by atoms with Gasteiger partial charge in [0, 0.05) is 35.5 Å². The molecule has 1 aliphatic heterocycles. The van der Waals surface area contributed by atoms with E-state index in [0.717, 1.165) is 55.6 Å². The maximum atomic E-state index is 11.7. The maximum Gasteiger partial charge on any atom is 0.248 e. The van der Waals surface area contributed by atoms with Crippen LogP contribution in [0.5, 0.6) is 17.2 Å². The number of aliphatic hydroxyl groups excluding tert-OH is 1. The fraction of sp³-hybridized carbons (Fsp3) is 0.308. The van der Waals surface area contributed by atoms with Gasteiger partial charge < -0.3 is 35.3 Å². The van der Waals surface area contributed by atoms with E-state index in [4.69, 9.17) is 4.74 Å². The van der Waals surface area contributed by atoms with Crippen LogP contribution in [0.3, 0.4) is 0 Å². The molecular formula is C39H43N3O5. The molecule has 1 atom stereocenters. The van der Waals surface area contributed by atoms with Gasteiger partial charge in [0.15, 0.2) is 0 Å². The van der Waals surface area contributed by atoms with Crippen molar-refractivity contribution in [1.82, 2.24) is 15.2 Å². The Morgan fingerprint density at radius 3 is 2.38 bits per heavy atom. The van der Waals surface area contributed by atoms with Gasteiger partial charge in [-0.15, -0.1) is 0 Å². The second-order valence-corrected chi connectivity index (χ2v) is 12.6. The number of aromatic nitrogens is 1. The molecule has 8 heteroatoms. The molecule has 6 rings (SSSR count). The van der Waals surface area contributed by atoms with Gasteiger partial charge in [-0.2, -0.15) is 0 Å². The Hall–Kier alpha value is -4.63. The summed E-state index contributed by atoms with van der Waals surface area (Å²) in [5, 5.41) is 35.8. The lowest BCUT2D eigenvalue weighted by molar-refractivity contribution is 0.176. The Balaban J connectivity index is 1.00. The van der Waals surface area contributed by atoms with Crippen LogP contribution in [0, 0.1) is 0 Å². The van der Waals surface area contributed by atoms with E-state index in [0.29, 0.717) is 41.9 Å². The zero-order chi connectivity index (χ0) is 32.8. The van der Waals surface area contributed by atoms with Gasteiger partial charge >= 0.3 is 0 Å². The quantitative estimate of drug-likeness (QED) is 0.111. The summed E-state index contributed by atoms with van der Waals surface area (Å²) in [6, 6.07) is 30.8. The summed E-state index contributed by atoms with van der Waals surface area (Å²) >= 11 is 0. The number of phenolic OH excluding ortho intramolecular Hbond substituents is 2. The Labute approximate surface area is 275 Å². The molecule has 4 aromatic carbocycles. The van der Waals surface area contributed by atoms with E-state index in [9.17, 15) is 20.1 Å². The summed E-state index contributed by atoms with van der Waals surface area (Å²) in [6.07, 6.45) is 2.84. The monoisotopic (exact) mass is 633 g/mol. The van der Waals surface area contributed by atoms with Crippen molar-refractivity contribution in [2.24, 2.45) is 0 Å². The molecule has 1 aromatic heterocycles. The topological polar surface area (TPSA) is 118 Å². The van der Waals surface area contributed by atoms with Gasteiger partial charge in [-0.25, -0.2) is 0 Å². The largest absolute Gasteiger partial charge is 0.508 e. The average Bonchev–Trinajstić information content (AvgIpc) is 3.09. The Bertz CT molecular complexity index is 1850. The number of hydrogen-bond acceptors (Lipinski definition) is 7. The molecule has 1 saturated heterocycles. The smallest absolute Gasteiger partial charge is 0.248 e. The number of ether oxygens (including phenoxy) is 1. The van der Waals surface area contributed by atoms with Crippen molar-refractivity contribution in [3.63, 3.8) is 0 Å². The van der Waals surface area contributed by atoms with E-state index >= 15 is 0 Å². The molecule has 1 aliphatic rings. The summed E-state index contributed by atoms with van der Waals surface area (Å²) < 4.78 is 6.05. The zero-order valence-corrected chi connectivity index (χ0v) is 26.8. The number of likely N-dealkylation sites (tertiary alicyclic amines) is 1. The first-order valence-electron chi connectivity index (χ1n) is 16.3. The van der Waals surface area contributed by atoms with E-state index in [1.54, 1.807) is 12.1 Å². The van der Waals surface area contributed by atoms with Crippen molar-refractivity contribution < 1.29 is 20.1 Å². The standard InChI is InChI=1S/C39H43N3O5/c1-42-21-19-39(20-22-42,29-7-3-2-4-8-29)33-24-27(11-16-34(33)43)6-5-23-47-30-12-9-28(10-13-30)25-40-26-36(45)31-14-17-35(44)38-32(31)15-18-37(46)41-38/h2-4,7-18,24,36,40,43-45H,5-6,19-23,25-26H2,1H3,(H,41,46). The Morgan fingerprint density at radius 1 is 0.894 bits per heavy atom. The number of aromatic hydroxyl groups is 2. The third-order valence-corrected chi connectivity index (χ3v) is 9.48. The van der Waals surface area contributed by atoms with Crippen LogP contribution in [0.2, 0.25) is 0 Å². The van der Waals surface area contributed by atoms with Crippen LogP contribution in [-0.2, 0) is 18.4 Å². The first-order valence-corrected chi connectivity index (χ1v) is 16.3. The molecule has 0 saturated carbocycles. The highest BCUT2D eigenvalue weighted by atomic mass is 16.5. The van der Waals surface area contributed by atoms with Crippen LogP contribution in [0.4, 0.5) is 0 Å². The molecule has 0 radical (unpaired) electrons. The van der Waals surface area contributed by atoms with Crippen molar-refractivity contribution >= 4 is 10.9 Å². The van der Waals surface area contributed by atoms with Gasteiger partial charge in [-0.1, -0.05) is 60.7 Å². The normalized spacial score (nSPS) is 15.4. The minimum Gasteiger partial charge on any atom is -0.508 e. The number of piperidine rings is 1. The van der Waals surface area contributed by atoms with Crippen molar-refractivity contribution in [3.05, 3.63) is 135 Å². The lowest BCUT2D eigenvalue weighted by atomic mass is 9.67. The molecule has 244 valence electrons. The first kappa shape index (κ1) is 32.3. The van der Waals surface area contributed by atoms with Crippen molar-refractivity contribution in [2.45, 2.75) is 43.7 Å². The number of fused-ring (bicyclic) bond motifs is 1. The van der Waals surface area contributed by atoms with Crippen LogP contribution >= 0.6 is 0 Å². The summed E-state index contributed by atoms with van der Waals surface area (Å²) in [6.45, 7) is 3.43. The Morgan fingerprint density at radius 2 is 1.62 bits per heavy atom. The number of phenols is 2. The summed E-state index contributed by atoms with van der Waals surface area (Å²) in [5.41, 5.74) is 5.00. The molecule has 0 bridgehead atoms. The van der Waals surface area contributed by atoms with Crippen LogP contribution < -0.4 is 15.6 Å². The molecule has 5 aromatic rings. The van der Waals surface area contributed by atoms with Crippen LogP contribution in [-0.4, -0.2) is 58.5 Å². The second kappa shape index (κ2) is 14.4. The minimum atomic E-state index is -0.815. The zero-order valence-electron chi connectivity index (χ0n) is 26.8. The van der Waals surface area contributed by atoms with E-state index in [1.807, 2.05) is 42.5 Å². The number of aryl methyl sites for hydroxylation is 1. The van der Waals surface area contributed by atoms with E-state index in [2.05, 4.69) is 52.6 Å². The van der Waals surface area contributed by atoms with Crippen LogP contribution in [0.25, 0.3) is 10.9 Å². The van der Waals surface area contributed by atoms with Crippen LogP contribution in [0.1, 0.15) is 53.2 Å². The van der Waals surface area contributed by atoms with E-state index in [-0.39, 0.29) is 16.7 Å². The fourth-order valence-electron chi connectivity index (χ4n) is 6.78. The van der Waals surface area contributed by atoms with Gasteiger partial charge in [-0.3, -0.25) is 4.79 Å². The molecule has 0 spiro atoms. The summed E-state index contributed by atoms with van der Waals surface area (Å²) in [5.74, 6) is 1.14. The molecule has 47 heavy (non-hydrogen) atoms. The molecule has 0 amide bonds. The van der Waals surface area contributed by atoms with Gasteiger partial charge in [0.25, 0.3) is 0 Å². The number of nitrogens with one attached hydrogen (secondary N) is 2. The minimum absolute atomic E-state index is 0.0295. The first-order chi connectivity index (χ1) is 22.8. The molecule has 8 nitrogen and oxygen atoms in total. The van der Waals surface area contributed by atoms with Crippen molar-refractivity contribution in [2.75, 3.05) is 33.3 Å². The van der Waals surface area contributed by atoms with Gasteiger partial charge in [0.05, 0.1) is 18.2 Å². The van der Waals surface area contributed by atoms with Gasteiger partial charge in [0.1, 0.15) is 17.2 Å². The fourth-order valence-corrected chi connectivity index (χ4v) is 6.78. The molecular weight excluding hydrogens is 590 g/mol. The Kier molecular flexibility index (Phi) is 9.92. The summed E-state index contributed by atoms with van der Waals surface area (Å²) in [7, 11) is 2.16. The van der Waals surface area contributed by atoms with E-state index < -0.39 is 6.10 Å². The number of H-pyrrole nitrogens is 1. The third kappa shape index (κ3) is 7.36. The molecule has 5 N–H and O–H groups in total. The van der Waals surface area contributed by atoms with Crippen molar-refractivity contribution in [1.29, 1.82) is 0 Å². The average molecular weight is 634 g/mol. The molecule has 1 unspecified atom stereocenters. The lowest BCUT2D eigenvalue weighted by Crippen LogP contribution is -2.41. The number of aliphatic hydroxyl groups is 1. The van der Waals surface area contributed by atoms with Gasteiger partial charge in [-0.05, 0) is 98.4 Å². The van der Waals surface area contributed by atoms with Crippen LogP contribution in [0.15, 0.2) is 102 Å². The third-order valence-electron chi connectivity index (χ3n) is 9.48. The predicted molar refractivity (Wildman–Crippen MR) is 185 cm³/mol. The highest BCUT2D eigenvalue weighted by molar-refractivity contribution is 5.87. The van der Waals surface area contributed by atoms with Crippen molar-refractivity contribution in [3.8, 4) is 17.2 Å². The summed E-state index contributed by atoms with van der Waals surface area (Å²) in [4.78, 5) is 16.7. The number of nitrogens with zero attached hydrogens (tertiary/aromatic N) is 1. The molecule has 0 aliphatic carbocycles. The molecule has 1 fully saturated rings. The van der Waals surface area contributed by atoms with E-state index in [1.165, 1.54) is 23.3 Å².